The SMILES string of the molecule is N#CCc1cc(Br)ccc1F. The van der Waals surface area contributed by atoms with E-state index in [4.69, 9.17) is 5.26 Å². The van der Waals surface area contributed by atoms with E-state index < -0.39 is 0 Å². The Balaban J connectivity index is 3.05. The van der Waals surface area contributed by atoms with Gasteiger partial charge in [-0.05, 0) is 18.2 Å². The number of halogens is 2. The van der Waals surface area contributed by atoms with Crippen LogP contribution in [0.3, 0.4) is 0 Å². The molecule has 1 aromatic carbocycles. The Hall–Kier alpha value is -0.880. The normalized spacial score (nSPS) is 9.18. The lowest BCUT2D eigenvalue weighted by Crippen LogP contribution is -1.87. The molecule has 0 radical (unpaired) electrons. The van der Waals surface area contributed by atoms with Gasteiger partial charge in [-0.1, -0.05) is 15.9 Å². The van der Waals surface area contributed by atoms with Gasteiger partial charge in [0.1, 0.15) is 5.82 Å². The Labute approximate surface area is 72.6 Å². The van der Waals surface area contributed by atoms with E-state index in [2.05, 4.69) is 15.9 Å². The van der Waals surface area contributed by atoms with Crippen molar-refractivity contribution >= 4 is 15.9 Å². The van der Waals surface area contributed by atoms with Crippen molar-refractivity contribution in [2.45, 2.75) is 6.42 Å². The monoisotopic (exact) mass is 213 g/mol. The van der Waals surface area contributed by atoms with Crippen LogP contribution in [0.25, 0.3) is 0 Å². The Bertz CT molecular complexity index is 303. The fraction of sp³-hybridized carbons (Fsp3) is 0.125. The standard InChI is InChI=1S/C8H5BrFN/c9-7-1-2-8(10)6(5-7)3-4-11/h1-2,5H,3H2. The smallest absolute Gasteiger partial charge is 0.127 e. The van der Waals surface area contributed by atoms with Crippen molar-refractivity contribution in [1.82, 2.24) is 0 Å². The molecule has 0 heterocycles. The molecule has 0 saturated heterocycles. The summed E-state index contributed by atoms with van der Waals surface area (Å²) in [4.78, 5) is 0. The molecule has 0 amide bonds. The molecule has 1 rings (SSSR count). The van der Waals surface area contributed by atoms with Crippen molar-refractivity contribution in [3.05, 3.63) is 34.1 Å². The van der Waals surface area contributed by atoms with E-state index in [1.54, 1.807) is 12.1 Å². The van der Waals surface area contributed by atoms with E-state index in [0.717, 1.165) is 4.47 Å². The van der Waals surface area contributed by atoms with Crippen LogP contribution in [0.1, 0.15) is 5.56 Å². The average Bonchev–Trinajstić information content (AvgIpc) is 1.98. The molecular formula is C8H5BrFN. The largest absolute Gasteiger partial charge is 0.207 e. The maximum absolute atomic E-state index is 12.8. The number of rotatable bonds is 1. The van der Waals surface area contributed by atoms with Gasteiger partial charge in [0.05, 0.1) is 12.5 Å². The minimum atomic E-state index is -0.324. The molecule has 1 aromatic rings. The lowest BCUT2D eigenvalue weighted by Gasteiger charge is -1.96. The van der Waals surface area contributed by atoms with Crippen LogP contribution in [0.15, 0.2) is 22.7 Å². The number of nitrogens with zero attached hydrogens (tertiary/aromatic N) is 1. The molecule has 0 bridgehead atoms. The van der Waals surface area contributed by atoms with Crippen LogP contribution in [-0.2, 0) is 6.42 Å². The van der Waals surface area contributed by atoms with Gasteiger partial charge in [0, 0.05) is 10.0 Å². The topological polar surface area (TPSA) is 23.8 Å². The molecule has 0 N–H and O–H groups in total. The average molecular weight is 214 g/mol. The number of benzene rings is 1. The lowest BCUT2D eigenvalue weighted by molar-refractivity contribution is 0.615. The molecule has 0 spiro atoms. The minimum absolute atomic E-state index is 0.116. The maximum atomic E-state index is 12.8. The predicted molar refractivity (Wildman–Crippen MR) is 43.4 cm³/mol. The summed E-state index contributed by atoms with van der Waals surface area (Å²) in [7, 11) is 0. The summed E-state index contributed by atoms with van der Waals surface area (Å²) in [6.45, 7) is 0. The highest BCUT2D eigenvalue weighted by atomic mass is 79.9. The zero-order valence-electron chi connectivity index (χ0n) is 5.64. The highest BCUT2D eigenvalue weighted by molar-refractivity contribution is 9.10. The minimum Gasteiger partial charge on any atom is -0.207 e. The van der Waals surface area contributed by atoms with Gasteiger partial charge in [0.25, 0.3) is 0 Å². The van der Waals surface area contributed by atoms with Crippen LogP contribution in [0, 0.1) is 17.1 Å². The number of hydrogen-bond donors (Lipinski definition) is 0. The fourth-order valence-corrected chi connectivity index (χ4v) is 1.17. The van der Waals surface area contributed by atoms with E-state index >= 15 is 0 Å². The third-order valence-corrected chi connectivity index (χ3v) is 1.77. The Kier molecular flexibility index (Phi) is 2.61. The van der Waals surface area contributed by atoms with E-state index in [-0.39, 0.29) is 12.2 Å². The quantitative estimate of drug-likeness (QED) is 0.704. The highest BCUT2D eigenvalue weighted by Gasteiger charge is 2.00. The highest BCUT2D eigenvalue weighted by Crippen LogP contribution is 2.15. The Morgan fingerprint density at radius 3 is 2.91 bits per heavy atom. The first-order valence-electron chi connectivity index (χ1n) is 3.05. The molecule has 0 aromatic heterocycles. The van der Waals surface area contributed by atoms with E-state index in [9.17, 15) is 4.39 Å². The van der Waals surface area contributed by atoms with Gasteiger partial charge >= 0.3 is 0 Å². The van der Waals surface area contributed by atoms with Crippen molar-refractivity contribution in [2.24, 2.45) is 0 Å². The molecule has 0 saturated carbocycles. The molecule has 1 nitrogen and oxygen atoms in total. The third kappa shape index (κ3) is 2.02. The maximum Gasteiger partial charge on any atom is 0.127 e. The van der Waals surface area contributed by atoms with Crippen LogP contribution in [0.2, 0.25) is 0 Å². The summed E-state index contributed by atoms with van der Waals surface area (Å²) < 4.78 is 13.6. The van der Waals surface area contributed by atoms with Crippen LogP contribution >= 0.6 is 15.9 Å². The number of nitriles is 1. The second kappa shape index (κ2) is 3.49. The number of hydrogen-bond acceptors (Lipinski definition) is 1. The van der Waals surface area contributed by atoms with Crippen molar-refractivity contribution in [2.75, 3.05) is 0 Å². The molecule has 11 heavy (non-hydrogen) atoms. The van der Waals surface area contributed by atoms with Crippen LogP contribution in [0.5, 0.6) is 0 Å². The van der Waals surface area contributed by atoms with Gasteiger partial charge < -0.3 is 0 Å². The zero-order chi connectivity index (χ0) is 8.27. The molecule has 56 valence electrons. The molecule has 0 unspecified atom stereocenters. The first kappa shape index (κ1) is 8.22. The second-order valence-electron chi connectivity index (χ2n) is 2.07. The predicted octanol–water partition coefficient (Wildman–Crippen LogP) is 2.65. The fourth-order valence-electron chi connectivity index (χ4n) is 0.764. The Morgan fingerprint density at radius 2 is 2.27 bits per heavy atom. The van der Waals surface area contributed by atoms with Crippen LogP contribution in [-0.4, -0.2) is 0 Å². The lowest BCUT2D eigenvalue weighted by atomic mass is 10.1. The van der Waals surface area contributed by atoms with E-state index in [1.165, 1.54) is 6.07 Å². The zero-order valence-corrected chi connectivity index (χ0v) is 7.23. The van der Waals surface area contributed by atoms with Gasteiger partial charge in [-0.15, -0.1) is 0 Å². The summed E-state index contributed by atoms with van der Waals surface area (Å²) >= 11 is 3.19. The molecule has 3 heteroatoms. The van der Waals surface area contributed by atoms with E-state index in [0.29, 0.717) is 5.56 Å². The van der Waals surface area contributed by atoms with Crippen molar-refractivity contribution in [3.8, 4) is 6.07 Å². The van der Waals surface area contributed by atoms with Crippen molar-refractivity contribution in [1.29, 1.82) is 5.26 Å². The van der Waals surface area contributed by atoms with Crippen molar-refractivity contribution in [3.63, 3.8) is 0 Å². The molecule has 0 aliphatic carbocycles. The van der Waals surface area contributed by atoms with E-state index in [1.807, 2.05) is 6.07 Å². The Morgan fingerprint density at radius 1 is 1.55 bits per heavy atom. The van der Waals surface area contributed by atoms with Gasteiger partial charge in [-0.2, -0.15) is 5.26 Å². The second-order valence-corrected chi connectivity index (χ2v) is 2.99. The molecule has 0 aliphatic heterocycles. The summed E-state index contributed by atoms with van der Waals surface area (Å²) in [5.74, 6) is -0.324. The first-order valence-corrected chi connectivity index (χ1v) is 3.84. The summed E-state index contributed by atoms with van der Waals surface area (Å²) in [5.41, 5.74) is 0.432. The van der Waals surface area contributed by atoms with Gasteiger partial charge in [0.15, 0.2) is 0 Å². The summed E-state index contributed by atoms with van der Waals surface area (Å²) in [6.07, 6.45) is 0.116. The van der Waals surface area contributed by atoms with Crippen molar-refractivity contribution < 1.29 is 4.39 Å². The van der Waals surface area contributed by atoms with Crippen LogP contribution in [0.4, 0.5) is 4.39 Å². The summed E-state index contributed by atoms with van der Waals surface area (Å²) in [5, 5.41) is 8.30. The molecule has 0 atom stereocenters. The molecule has 0 fully saturated rings. The third-order valence-electron chi connectivity index (χ3n) is 1.28. The molecular weight excluding hydrogens is 209 g/mol. The van der Waals surface area contributed by atoms with Crippen LogP contribution < -0.4 is 0 Å². The van der Waals surface area contributed by atoms with Gasteiger partial charge in [-0.3, -0.25) is 0 Å². The van der Waals surface area contributed by atoms with Gasteiger partial charge in [-0.25, -0.2) is 4.39 Å². The summed E-state index contributed by atoms with van der Waals surface area (Å²) in [6, 6.07) is 6.45. The first-order chi connectivity index (χ1) is 5.24. The molecule has 0 aliphatic rings. The van der Waals surface area contributed by atoms with Gasteiger partial charge in [0.2, 0.25) is 0 Å².